The van der Waals surface area contributed by atoms with Gasteiger partial charge in [0.25, 0.3) is 0 Å². The number of benzene rings is 1. The molecule has 0 atom stereocenters. The van der Waals surface area contributed by atoms with E-state index in [9.17, 15) is 18.0 Å². The first-order valence-corrected chi connectivity index (χ1v) is 6.32. The van der Waals surface area contributed by atoms with Crippen molar-refractivity contribution in [1.29, 1.82) is 0 Å². The van der Waals surface area contributed by atoms with Gasteiger partial charge in [-0.1, -0.05) is 12.8 Å². The number of carbonyl (C=O) groups is 1. The van der Waals surface area contributed by atoms with Gasteiger partial charge in [-0.15, -0.1) is 0 Å². The van der Waals surface area contributed by atoms with Crippen molar-refractivity contribution in [2.24, 2.45) is 0 Å². The summed E-state index contributed by atoms with van der Waals surface area (Å²) in [5.41, 5.74) is -0.521. The lowest BCUT2D eigenvalue weighted by atomic mass is 10.1. The topological polar surface area (TPSA) is 20.3 Å². The Hall–Kier alpha value is -1.52. The van der Waals surface area contributed by atoms with Gasteiger partial charge in [-0.25, -0.2) is 0 Å². The van der Waals surface area contributed by atoms with Gasteiger partial charge in [-0.2, -0.15) is 13.2 Å². The van der Waals surface area contributed by atoms with E-state index in [0.29, 0.717) is 6.29 Å². The van der Waals surface area contributed by atoms with E-state index in [1.807, 2.05) is 0 Å². The van der Waals surface area contributed by atoms with Gasteiger partial charge in [0.15, 0.2) is 0 Å². The second kappa shape index (κ2) is 5.23. The van der Waals surface area contributed by atoms with Crippen LogP contribution in [0.2, 0.25) is 0 Å². The van der Waals surface area contributed by atoms with Crippen LogP contribution in [0, 0.1) is 0 Å². The molecular weight excluding hydrogens is 255 g/mol. The van der Waals surface area contributed by atoms with Gasteiger partial charge >= 0.3 is 6.18 Å². The van der Waals surface area contributed by atoms with Gasteiger partial charge in [0.1, 0.15) is 6.29 Å². The Balaban J connectivity index is 2.40. The molecule has 0 unspecified atom stereocenters. The van der Waals surface area contributed by atoms with Crippen LogP contribution in [0.4, 0.5) is 18.9 Å². The largest absolute Gasteiger partial charge is 0.418 e. The molecule has 0 N–H and O–H groups in total. The van der Waals surface area contributed by atoms with E-state index in [1.54, 1.807) is 11.9 Å². The van der Waals surface area contributed by atoms with E-state index < -0.39 is 11.7 Å². The molecule has 5 heteroatoms. The maximum atomic E-state index is 13.1. The zero-order valence-electron chi connectivity index (χ0n) is 10.7. The van der Waals surface area contributed by atoms with Gasteiger partial charge in [-0.05, 0) is 31.0 Å². The summed E-state index contributed by atoms with van der Waals surface area (Å²) in [6, 6.07) is 3.91. The standard InChI is InChI=1S/C14H16F3NO/c1-18(11-4-2-3-5-11)13-7-6-10(9-19)8-12(13)14(15,16)17/h6-9,11H,2-5H2,1H3. The minimum atomic E-state index is -4.44. The van der Waals surface area contributed by atoms with Crippen molar-refractivity contribution in [1.82, 2.24) is 0 Å². The number of hydrogen-bond donors (Lipinski definition) is 0. The van der Waals surface area contributed by atoms with E-state index in [-0.39, 0.29) is 17.3 Å². The van der Waals surface area contributed by atoms with Crippen LogP contribution < -0.4 is 4.90 Å². The van der Waals surface area contributed by atoms with Gasteiger partial charge in [-0.3, -0.25) is 4.79 Å². The number of aldehydes is 1. The van der Waals surface area contributed by atoms with Crippen LogP contribution in [0.1, 0.15) is 41.6 Å². The lowest BCUT2D eigenvalue weighted by Gasteiger charge is -2.29. The highest BCUT2D eigenvalue weighted by Gasteiger charge is 2.36. The first-order valence-electron chi connectivity index (χ1n) is 6.32. The van der Waals surface area contributed by atoms with Crippen molar-refractivity contribution in [3.63, 3.8) is 0 Å². The summed E-state index contributed by atoms with van der Waals surface area (Å²) in [5.74, 6) is 0. The molecule has 0 radical (unpaired) electrons. The highest BCUT2D eigenvalue weighted by atomic mass is 19.4. The predicted octanol–water partition coefficient (Wildman–Crippen LogP) is 3.90. The van der Waals surface area contributed by atoms with Gasteiger partial charge in [0, 0.05) is 24.3 Å². The molecular formula is C14H16F3NO. The molecule has 0 bridgehead atoms. The zero-order chi connectivity index (χ0) is 14.0. The number of rotatable bonds is 3. The van der Waals surface area contributed by atoms with Crippen LogP contribution in [-0.2, 0) is 6.18 Å². The number of anilines is 1. The Morgan fingerprint density at radius 1 is 1.26 bits per heavy atom. The minimum Gasteiger partial charge on any atom is -0.371 e. The van der Waals surface area contributed by atoms with Gasteiger partial charge in [0.2, 0.25) is 0 Å². The Morgan fingerprint density at radius 3 is 2.42 bits per heavy atom. The summed E-state index contributed by atoms with van der Waals surface area (Å²) in [5, 5.41) is 0. The van der Waals surface area contributed by atoms with Crippen LogP contribution in [0.15, 0.2) is 18.2 Å². The fourth-order valence-corrected chi connectivity index (χ4v) is 2.65. The maximum Gasteiger partial charge on any atom is 0.418 e. The Labute approximate surface area is 110 Å². The second-order valence-corrected chi connectivity index (χ2v) is 4.94. The van der Waals surface area contributed by atoms with Crippen molar-refractivity contribution < 1.29 is 18.0 Å². The van der Waals surface area contributed by atoms with Crippen molar-refractivity contribution in [2.75, 3.05) is 11.9 Å². The highest BCUT2D eigenvalue weighted by Crippen LogP contribution is 2.38. The molecule has 0 saturated heterocycles. The van der Waals surface area contributed by atoms with Crippen molar-refractivity contribution in [2.45, 2.75) is 37.9 Å². The van der Waals surface area contributed by atoms with Crippen molar-refractivity contribution >= 4 is 12.0 Å². The number of carbonyl (C=O) groups excluding carboxylic acids is 1. The monoisotopic (exact) mass is 271 g/mol. The summed E-state index contributed by atoms with van der Waals surface area (Å²) in [6.07, 6.45) is -0.0478. The lowest BCUT2D eigenvalue weighted by Crippen LogP contribution is -2.30. The summed E-state index contributed by atoms with van der Waals surface area (Å²) in [6.45, 7) is 0. The third kappa shape index (κ3) is 2.91. The molecule has 1 aromatic carbocycles. The fourth-order valence-electron chi connectivity index (χ4n) is 2.65. The van der Waals surface area contributed by atoms with Gasteiger partial charge < -0.3 is 4.90 Å². The zero-order valence-corrected chi connectivity index (χ0v) is 10.7. The minimum absolute atomic E-state index is 0.0518. The van der Waals surface area contributed by atoms with Crippen LogP contribution in [0.25, 0.3) is 0 Å². The molecule has 0 spiro atoms. The van der Waals surface area contributed by atoms with Crippen LogP contribution in [0.3, 0.4) is 0 Å². The normalized spacial score (nSPS) is 16.6. The molecule has 0 amide bonds. The molecule has 1 fully saturated rings. The molecule has 104 valence electrons. The fraction of sp³-hybridized carbons (Fsp3) is 0.500. The van der Waals surface area contributed by atoms with Crippen molar-refractivity contribution in [3.05, 3.63) is 29.3 Å². The number of alkyl halides is 3. The van der Waals surface area contributed by atoms with E-state index in [2.05, 4.69) is 0 Å². The van der Waals surface area contributed by atoms with Crippen molar-refractivity contribution in [3.8, 4) is 0 Å². The van der Waals surface area contributed by atoms with E-state index in [1.165, 1.54) is 12.1 Å². The van der Waals surface area contributed by atoms with Crippen LogP contribution in [-0.4, -0.2) is 19.4 Å². The second-order valence-electron chi connectivity index (χ2n) is 4.94. The molecule has 1 aliphatic carbocycles. The maximum absolute atomic E-state index is 13.1. The Morgan fingerprint density at radius 2 is 1.89 bits per heavy atom. The first kappa shape index (κ1) is 13.9. The summed E-state index contributed by atoms with van der Waals surface area (Å²) >= 11 is 0. The number of nitrogens with zero attached hydrogens (tertiary/aromatic N) is 1. The van der Waals surface area contributed by atoms with E-state index in [0.717, 1.165) is 31.7 Å². The van der Waals surface area contributed by atoms with Crippen LogP contribution in [0.5, 0.6) is 0 Å². The van der Waals surface area contributed by atoms with E-state index in [4.69, 9.17) is 0 Å². The molecule has 0 heterocycles. The molecule has 1 saturated carbocycles. The lowest BCUT2D eigenvalue weighted by molar-refractivity contribution is -0.137. The molecule has 19 heavy (non-hydrogen) atoms. The molecule has 0 aliphatic heterocycles. The molecule has 1 aromatic rings. The Bertz CT molecular complexity index is 464. The Kier molecular flexibility index (Phi) is 3.83. The summed E-state index contributed by atoms with van der Waals surface area (Å²) < 4.78 is 39.2. The number of halogens is 3. The average Bonchev–Trinajstić information content (AvgIpc) is 2.90. The molecule has 0 aromatic heterocycles. The van der Waals surface area contributed by atoms with Gasteiger partial charge in [0.05, 0.1) is 5.56 Å². The molecule has 2 rings (SSSR count). The third-order valence-corrected chi connectivity index (χ3v) is 3.71. The number of hydrogen-bond acceptors (Lipinski definition) is 2. The SMILES string of the molecule is CN(c1ccc(C=O)cc1C(F)(F)F)C1CCCC1. The summed E-state index contributed by atoms with van der Waals surface area (Å²) in [7, 11) is 1.70. The van der Waals surface area contributed by atoms with E-state index >= 15 is 0 Å². The third-order valence-electron chi connectivity index (χ3n) is 3.71. The smallest absolute Gasteiger partial charge is 0.371 e. The highest BCUT2D eigenvalue weighted by molar-refractivity contribution is 5.77. The van der Waals surface area contributed by atoms with Crippen LogP contribution >= 0.6 is 0 Å². The average molecular weight is 271 g/mol. The summed E-state index contributed by atoms with van der Waals surface area (Å²) in [4.78, 5) is 12.3. The first-order chi connectivity index (χ1) is 8.93. The molecule has 2 nitrogen and oxygen atoms in total. The molecule has 1 aliphatic rings. The quantitative estimate of drug-likeness (QED) is 0.777. The predicted molar refractivity (Wildman–Crippen MR) is 67.5 cm³/mol.